The lowest BCUT2D eigenvalue weighted by molar-refractivity contribution is -0.155. The van der Waals surface area contributed by atoms with E-state index in [0.29, 0.717) is 5.69 Å². The highest BCUT2D eigenvalue weighted by atomic mass is 16.5. The monoisotopic (exact) mass is 281 g/mol. The second-order valence-electron chi connectivity index (χ2n) is 5.81. The number of imidazole rings is 1. The van der Waals surface area contributed by atoms with Crippen molar-refractivity contribution < 1.29 is 19.4 Å². The largest absolute Gasteiger partial charge is 0.480 e. The van der Waals surface area contributed by atoms with Crippen LogP contribution in [0.4, 0.5) is 0 Å². The van der Waals surface area contributed by atoms with Gasteiger partial charge < -0.3 is 19.7 Å². The van der Waals surface area contributed by atoms with Crippen molar-refractivity contribution in [3.05, 3.63) is 17.7 Å². The number of H-pyrrole nitrogens is 1. The van der Waals surface area contributed by atoms with Gasteiger partial charge in [-0.15, -0.1) is 0 Å². The fourth-order valence-electron chi connectivity index (χ4n) is 2.08. The van der Waals surface area contributed by atoms with Crippen molar-refractivity contribution in [1.29, 1.82) is 0 Å². The Bertz CT molecular complexity index is 518. The van der Waals surface area contributed by atoms with Crippen LogP contribution in [0.15, 0.2) is 6.33 Å². The number of nitrogens with zero attached hydrogens (tertiary/aromatic N) is 2. The summed E-state index contributed by atoms with van der Waals surface area (Å²) in [6.07, 6.45) is 1.73. The molecule has 1 atom stereocenters. The van der Waals surface area contributed by atoms with Crippen molar-refractivity contribution in [2.24, 2.45) is 0 Å². The Morgan fingerprint density at radius 1 is 1.55 bits per heavy atom. The molecule has 0 spiro atoms. The van der Waals surface area contributed by atoms with Crippen LogP contribution < -0.4 is 0 Å². The number of carboxylic acids is 1. The average molecular weight is 281 g/mol. The number of carboxylic acid groups (broad SMARTS) is 1. The molecule has 110 valence electrons. The second-order valence-corrected chi connectivity index (χ2v) is 5.81. The zero-order valence-corrected chi connectivity index (χ0v) is 11.8. The number of aromatic amines is 1. The highest BCUT2D eigenvalue weighted by Gasteiger charge is 2.36. The van der Waals surface area contributed by atoms with Gasteiger partial charge >= 0.3 is 5.97 Å². The van der Waals surface area contributed by atoms with E-state index >= 15 is 0 Å². The molecule has 1 aliphatic heterocycles. The van der Waals surface area contributed by atoms with Gasteiger partial charge in [0.2, 0.25) is 5.91 Å². The van der Waals surface area contributed by atoms with Gasteiger partial charge in [-0.1, -0.05) is 0 Å². The lowest BCUT2D eigenvalue weighted by Gasteiger charge is -2.33. The van der Waals surface area contributed by atoms with Crippen LogP contribution in [0, 0.1) is 0 Å². The van der Waals surface area contributed by atoms with E-state index in [1.54, 1.807) is 0 Å². The van der Waals surface area contributed by atoms with E-state index in [4.69, 9.17) is 4.74 Å². The Kier molecular flexibility index (Phi) is 3.80. The van der Waals surface area contributed by atoms with Crippen molar-refractivity contribution in [2.75, 3.05) is 6.61 Å². The molecule has 7 heteroatoms. The standard InChI is InChI=1S/C13H19N3O4/c1-13(2,3)20-6-11(17)16-5-9-8(14-7-15-9)4-10(16)12(18)19/h7,10H,4-6H2,1-3H3,(H,14,15)(H,18,19). The maximum absolute atomic E-state index is 12.2. The van der Waals surface area contributed by atoms with Gasteiger partial charge in [0.25, 0.3) is 0 Å². The minimum absolute atomic E-state index is 0.128. The maximum Gasteiger partial charge on any atom is 0.326 e. The summed E-state index contributed by atoms with van der Waals surface area (Å²) >= 11 is 0. The molecule has 0 aromatic carbocycles. The Labute approximate surface area is 116 Å². The van der Waals surface area contributed by atoms with Gasteiger partial charge in [0.1, 0.15) is 12.6 Å². The fraction of sp³-hybridized carbons (Fsp3) is 0.615. The third-order valence-electron chi connectivity index (χ3n) is 3.13. The number of carbonyl (C=O) groups is 2. The third kappa shape index (κ3) is 3.16. The van der Waals surface area contributed by atoms with Gasteiger partial charge in [-0.2, -0.15) is 0 Å². The summed E-state index contributed by atoms with van der Waals surface area (Å²) in [4.78, 5) is 31.9. The topological polar surface area (TPSA) is 95.5 Å². The molecule has 0 saturated heterocycles. The number of nitrogens with one attached hydrogen (secondary N) is 1. The molecule has 0 bridgehead atoms. The van der Waals surface area contributed by atoms with Gasteiger partial charge in [0, 0.05) is 6.42 Å². The summed E-state index contributed by atoms with van der Waals surface area (Å²) in [5.41, 5.74) is 1.05. The molecule has 20 heavy (non-hydrogen) atoms. The van der Waals surface area contributed by atoms with Crippen LogP contribution in [0.3, 0.4) is 0 Å². The van der Waals surface area contributed by atoms with E-state index in [1.807, 2.05) is 20.8 Å². The molecule has 1 aromatic heterocycles. The third-order valence-corrected chi connectivity index (χ3v) is 3.13. The van der Waals surface area contributed by atoms with E-state index in [9.17, 15) is 14.7 Å². The van der Waals surface area contributed by atoms with Crippen molar-refractivity contribution >= 4 is 11.9 Å². The molecule has 1 aromatic rings. The number of carbonyl (C=O) groups excluding carboxylic acids is 1. The van der Waals surface area contributed by atoms with E-state index < -0.39 is 17.6 Å². The number of aliphatic carboxylic acids is 1. The van der Waals surface area contributed by atoms with E-state index in [0.717, 1.165) is 5.69 Å². The first-order valence-corrected chi connectivity index (χ1v) is 6.45. The number of hydrogen-bond donors (Lipinski definition) is 2. The maximum atomic E-state index is 12.2. The molecule has 0 radical (unpaired) electrons. The van der Waals surface area contributed by atoms with Crippen LogP contribution in [-0.2, 0) is 27.3 Å². The molecule has 0 aliphatic carbocycles. The quantitative estimate of drug-likeness (QED) is 0.844. The highest BCUT2D eigenvalue weighted by Crippen LogP contribution is 2.21. The van der Waals surface area contributed by atoms with Crippen molar-refractivity contribution in [3.8, 4) is 0 Å². The Morgan fingerprint density at radius 2 is 2.25 bits per heavy atom. The van der Waals surface area contributed by atoms with Crippen molar-refractivity contribution in [2.45, 2.75) is 45.4 Å². The molecular formula is C13H19N3O4. The molecule has 1 aliphatic rings. The smallest absolute Gasteiger partial charge is 0.326 e. The first-order chi connectivity index (χ1) is 9.28. The van der Waals surface area contributed by atoms with Crippen LogP contribution >= 0.6 is 0 Å². The number of amides is 1. The highest BCUT2D eigenvalue weighted by molar-refractivity contribution is 5.85. The zero-order valence-electron chi connectivity index (χ0n) is 11.8. The SMILES string of the molecule is CC(C)(C)OCC(=O)N1Cc2[nH]cnc2CC1C(=O)O. The van der Waals surface area contributed by atoms with E-state index in [-0.39, 0.29) is 25.5 Å². The van der Waals surface area contributed by atoms with Crippen molar-refractivity contribution in [3.63, 3.8) is 0 Å². The van der Waals surface area contributed by atoms with Gasteiger partial charge in [-0.25, -0.2) is 9.78 Å². The van der Waals surface area contributed by atoms with Crippen LogP contribution in [0.2, 0.25) is 0 Å². The number of hydrogen-bond acceptors (Lipinski definition) is 4. The van der Waals surface area contributed by atoms with Gasteiger partial charge in [0.15, 0.2) is 0 Å². The second kappa shape index (κ2) is 5.24. The Hall–Kier alpha value is -1.89. The number of aromatic nitrogens is 2. The van der Waals surface area contributed by atoms with Crippen LogP contribution in [0.25, 0.3) is 0 Å². The fourth-order valence-corrected chi connectivity index (χ4v) is 2.08. The average Bonchev–Trinajstić information content (AvgIpc) is 2.80. The molecule has 0 saturated carbocycles. The first-order valence-electron chi connectivity index (χ1n) is 6.45. The van der Waals surface area contributed by atoms with Gasteiger partial charge in [0.05, 0.1) is 29.9 Å². The Morgan fingerprint density at radius 3 is 2.85 bits per heavy atom. The normalized spacial score (nSPS) is 18.8. The molecule has 1 amide bonds. The van der Waals surface area contributed by atoms with Crippen molar-refractivity contribution in [1.82, 2.24) is 14.9 Å². The predicted molar refractivity (Wildman–Crippen MR) is 70.0 cm³/mol. The first kappa shape index (κ1) is 14.5. The molecule has 0 fully saturated rings. The summed E-state index contributed by atoms with van der Waals surface area (Å²) in [5.74, 6) is -1.35. The summed E-state index contributed by atoms with van der Waals surface area (Å²) in [5, 5.41) is 9.28. The lowest BCUT2D eigenvalue weighted by atomic mass is 10.0. The Balaban J connectivity index is 2.12. The molecule has 2 N–H and O–H groups in total. The molecule has 7 nitrogen and oxygen atoms in total. The molecule has 2 heterocycles. The number of ether oxygens (including phenoxy) is 1. The number of rotatable bonds is 3. The van der Waals surface area contributed by atoms with Crippen LogP contribution in [0.5, 0.6) is 0 Å². The molecular weight excluding hydrogens is 262 g/mol. The minimum atomic E-state index is -1.03. The summed E-state index contributed by atoms with van der Waals surface area (Å²) < 4.78 is 5.43. The number of fused-ring (bicyclic) bond motifs is 1. The van der Waals surface area contributed by atoms with Gasteiger partial charge in [-0.3, -0.25) is 4.79 Å². The molecule has 1 unspecified atom stereocenters. The van der Waals surface area contributed by atoms with E-state index in [1.165, 1.54) is 11.2 Å². The van der Waals surface area contributed by atoms with Gasteiger partial charge in [-0.05, 0) is 20.8 Å². The van der Waals surface area contributed by atoms with Crippen LogP contribution in [-0.4, -0.2) is 50.1 Å². The van der Waals surface area contributed by atoms with E-state index in [2.05, 4.69) is 9.97 Å². The minimum Gasteiger partial charge on any atom is -0.480 e. The molecule has 2 rings (SSSR count). The summed E-state index contributed by atoms with van der Waals surface area (Å²) in [6, 6.07) is -0.887. The lowest BCUT2D eigenvalue weighted by Crippen LogP contribution is -2.50. The predicted octanol–water partition coefficient (Wildman–Crippen LogP) is 0.563. The summed E-state index contributed by atoms with van der Waals surface area (Å²) in [7, 11) is 0. The van der Waals surface area contributed by atoms with Crippen LogP contribution in [0.1, 0.15) is 32.2 Å². The summed E-state index contributed by atoms with van der Waals surface area (Å²) in [6.45, 7) is 5.63. The zero-order chi connectivity index (χ0) is 14.9.